The van der Waals surface area contributed by atoms with Gasteiger partial charge in [-0.2, -0.15) is 0 Å². The summed E-state index contributed by atoms with van der Waals surface area (Å²) in [5, 5.41) is 15.8. The largest absolute Gasteiger partial charge is 0.476 e. The van der Waals surface area contributed by atoms with E-state index >= 15 is 0 Å². The number of carboxylic acid groups (broad SMARTS) is 1. The van der Waals surface area contributed by atoms with Gasteiger partial charge in [0.2, 0.25) is 5.91 Å². The van der Waals surface area contributed by atoms with Gasteiger partial charge >= 0.3 is 18.0 Å². The molecule has 1 saturated heterocycles. The molecule has 4 N–H and O–H groups in total. The Hall–Kier alpha value is -4.59. The van der Waals surface area contributed by atoms with Gasteiger partial charge in [-0.1, -0.05) is 30.3 Å². The summed E-state index contributed by atoms with van der Waals surface area (Å²) in [6, 6.07) is 7.54. The molecule has 0 saturated carbocycles. The van der Waals surface area contributed by atoms with Crippen LogP contribution in [0.3, 0.4) is 0 Å². The van der Waals surface area contributed by atoms with E-state index in [1.807, 2.05) is 0 Å². The molecule has 1 fully saturated rings. The molecule has 1 aromatic carbocycles. The number of hydrogen-bond donors (Lipinski definition) is 4. The fraction of sp³-hybridized carbons (Fsp3) is 0.217. The minimum atomic E-state index is -1.46. The molecular weight excluding hydrogens is 508 g/mol. The van der Waals surface area contributed by atoms with Gasteiger partial charge in [0, 0.05) is 6.92 Å². The first-order valence-electron chi connectivity index (χ1n) is 10.8. The molecule has 2 aromatic rings. The molecule has 0 spiro atoms. The predicted molar refractivity (Wildman–Crippen MR) is 125 cm³/mol. The third-order valence-corrected chi connectivity index (χ3v) is 6.60. The van der Waals surface area contributed by atoms with E-state index in [0.717, 1.165) is 23.6 Å². The van der Waals surface area contributed by atoms with Crippen LogP contribution in [0, 0.1) is 0 Å². The van der Waals surface area contributed by atoms with Gasteiger partial charge in [-0.25, -0.2) is 9.59 Å². The second-order valence-electron chi connectivity index (χ2n) is 7.82. The first kappa shape index (κ1) is 25.5. The maximum absolute atomic E-state index is 13.2. The zero-order valence-corrected chi connectivity index (χ0v) is 19.9. The van der Waals surface area contributed by atoms with Crippen LogP contribution in [0.5, 0.6) is 0 Å². The lowest BCUT2D eigenvalue weighted by Crippen LogP contribution is -2.71. The molecule has 2 aliphatic heterocycles. The molecule has 1 unspecified atom stereocenters. The van der Waals surface area contributed by atoms with Crippen LogP contribution in [-0.2, 0) is 23.9 Å². The summed E-state index contributed by atoms with van der Waals surface area (Å²) in [7, 11) is 0. The van der Waals surface area contributed by atoms with Gasteiger partial charge in [0.05, 0.1) is 12.0 Å². The first-order valence-corrected chi connectivity index (χ1v) is 11.8. The standard InChI is InChI=1S/C23H20N4O9S/c1-11(28)36-14-10-37-21-16(20(31)27(21)17(14)22(32)33)24-19(30)15(12-6-3-2-4-7-12)25-23(34)26-18(29)13-8-5-9-35-13/h2-9,15-16,21H,10H2,1H3,(H,24,30)(H,32,33)(H2,25,26,29,34)/t15?,16-,21-/m1/s1. The van der Waals surface area contributed by atoms with Crippen molar-refractivity contribution in [1.82, 2.24) is 20.9 Å². The Morgan fingerprint density at radius 3 is 2.49 bits per heavy atom. The van der Waals surface area contributed by atoms with E-state index in [2.05, 4.69) is 16.0 Å². The average molecular weight is 528 g/mol. The van der Waals surface area contributed by atoms with Crippen molar-refractivity contribution >= 4 is 47.5 Å². The highest BCUT2D eigenvalue weighted by Gasteiger charge is 2.55. The van der Waals surface area contributed by atoms with Crippen molar-refractivity contribution in [1.29, 1.82) is 0 Å². The number of thioether (sulfide) groups is 1. The number of rotatable bonds is 7. The van der Waals surface area contributed by atoms with E-state index in [0.29, 0.717) is 5.56 Å². The number of esters is 1. The highest BCUT2D eigenvalue weighted by atomic mass is 32.2. The Labute approximate surface area is 213 Å². The van der Waals surface area contributed by atoms with Crippen molar-refractivity contribution < 1.29 is 43.0 Å². The first-order chi connectivity index (χ1) is 17.7. The number of nitrogens with one attached hydrogen (secondary N) is 3. The van der Waals surface area contributed by atoms with Crippen LogP contribution in [0.25, 0.3) is 0 Å². The van der Waals surface area contributed by atoms with E-state index in [4.69, 9.17) is 9.15 Å². The van der Waals surface area contributed by atoms with Crippen LogP contribution in [0.15, 0.2) is 64.6 Å². The van der Waals surface area contributed by atoms with E-state index in [1.165, 1.54) is 18.4 Å². The van der Waals surface area contributed by atoms with Gasteiger partial charge in [-0.3, -0.25) is 29.4 Å². The number of hydrogen-bond acceptors (Lipinski definition) is 9. The summed E-state index contributed by atoms with van der Waals surface area (Å²) in [5.41, 5.74) is -0.105. The van der Waals surface area contributed by atoms with E-state index in [9.17, 15) is 33.9 Å². The Bertz CT molecular complexity index is 1290. The number of carbonyl (C=O) groups excluding carboxylic acids is 5. The number of nitrogens with zero attached hydrogens (tertiary/aromatic N) is 1. The van der Waals surface area contributed by atoms with Crippen molar-refractivity contribution in [2.24, 2.45) is 0 Å². The summed E-state index contributed by atoms with van der Waals surface area (Å²) in [6.45, 7) is 1.11. The molecule has 1 aromatic heterocycles. The molecule has 0 aliphatic carbocycles. The summed E-state index contributed by atoms with van der Waals surface area (Å²) in [6.07, 6.45) is 1.26. The molecule has 4 rings (SSSR count). The van der Waals surface area contributed by atoms with Gasteiger partial charge < -0.3 is 24.9 Å². The molecule has 192 valence electrons. The molecule has 3 heterocycles. The quantitative estimate of drug-likeness (QED) is 0.295. The van der Waals surface area contributed by atoms with Gasteiger partial charge in [0.25, 0.3) is 11.8 Å². The monoisotopic (exact) mass is 528 g/mol. The van der Waals surface area contributed by atoms with Crippen LogP contribution in [0.1, 0.15) is 29.1 Å². The number of carboxylic acids is 1. The minimum absolute atomic E-state index is 0.0142. The number of benzene rings is 1. The lowest BCUT2D eigenvalue weighted by atomic mass is 10.0. The number of carbonyl (C=O) groups is 6. The number of β-lactam (4-membered cyclic amide) rings is 1. The van der Waals surface area contributed by atoms with Crippen molar-refractivity contribution in [2.75, 3.05) is 5.75 Å². The molecule has 0 radical (unpaired) electrons. The zero-order valence-electron chi connectivity index (χ0n) is 19.1. The second kappa shape index (κ2) is 10.6. The number of fused-ring (bicyclic) bond motifs is 1. The van der Waals surface area contributed by atoms with Crippen molar-refractivity contribution in [3.63, 3.8) is 0 Å². The average Bonchev–Trinajstić information content (AvgIpc) is 3.41. The summed E-state index contributed by atoms with van der Waals surface area (Å²) in [5.74, 6) is -4.79. The Balaban J connectivity index is 1.49. The highest BCUT2D eigenvalue weighted by Crippen LogP contribution is 2.40. The number of aliphatic carboxylic acids is 1. The van der Waals surface area contributed by atoms with Gasteiger partial charge in [-0.15, -0.1) is 11.8 Å². The molecule has 14 heteroatoms. The summed E-state index contributed by atoms with van der Waals surface area (Å²) < 4.78 is 9.89. The van der Waals surface area contributed by atoms with Crippen LogP contribution in [-0.4, -0.2) is 62.9 Å². The number of imide groups is 1. The lowest BCUT2D eigenvalue weighted by molar-refractivity contribution is -0.152. The molecule has 5 amide bonds. The number of ether oxygens (including phenoxy) is 1. The second-order valence-corrected chi connectivity index (χ2v) is 8.92. The van der Waals surface area contributed by atoms with Crippen molar-refractivity contribution in [2.45, 2.75) is 24.4 Å². The fourth-order valence-electron chi connectivity index (χ4n) is 3.76. The SMILES string of the molecule is CC(=O)OC1=C(C(=O)O)N2C(=O)[C@@H](NC(=O)C(NC(=O)NC(=O)c3ccco3)c3ccccc3)[C@H]2SC1. The zero-order chi connectivity index (χ0) is 26.7. The number of urea groups is 1. The molecule has 0 bridgehead atoms. The molecule has 3 atom stereocenters. The van der Waals surface area contributed by atoms with Gasteiger partial charge in [-0.05, 0) is 17.7 Å². The Morgan fingerprint density at radius 1 is 1.14 bits per heavy atom. The summed E-state index contributed by atoms with van der Waals surface area (Å²) >= 11 is 1.10. The molecule has 2 aliphatic rings. The predicted octanol–water partition coefficient (Wildman–Crippen LogP) is 0.720. The van der Waals surface area contributed by atoms with Crippen LogP contribution in [0.4, 0.5) is 4.79 Å². The third-order valence-electron chi connectivity index (χ3n) is 5.34. The molecule has 37 heavy (non-hydrogen) atoms. The maximum atomic E-state index is 13.2. The lowest BCUT2D eigenvalue weighted by Gasteiger charge is -2.49. The smallest absolute Gasteiger partial charge is 0.356 e. The fourth-order valence-corrected chi connectivity index (χ4v) is 5.02. The number of amides is 5. The number of furan rings is 1. The van der Waals surface area contributed by atoms with E-state index < -0.39 is 58.8 Å². The topological polar surface area (TPSA) is 184 Å². The normalized spacial score (nSPS) is 19.2. The minimum Gasteiger partial charge on any atom is -0.476 e. The van der Waals surface area contributed by atoms with Crippen LogP contribution >= 0.6 is 11.8 Å². The third kappa shape index (κ3) is 5.33. The Kier molecular flexibility index (Phi) is 7.29. The van der Waals surface area contributed by atoms with Gasteiger partial charge in [0.1, 0.15) is 23.2 Å². The van der Waals surface area contributed by atoms with E-state index in [1.54, 1.807) is 30.3 Å². The van der Waals surface area contributed by atoms with E-state index in [-0.39, 0.29) is 17.3 Å². The van der Waals surface area contributed by atoms with Crippen molar-refractivity contribution in [3.8, 4) is 0 Å². The molecular formula is C23H20N4O9S. The van der Waals surface area contributed by atoms with Crippen LogP contribution in [0.2, 0.25) is 0 Å². The summed E-state index contributed by atoms with van der Waals surface area (Å²) in [4.78, 5) is 74.7. The Morgan fingerprint density at radius 2 is 1.86 bits per heavy atom. The highest BCUT2D eigenvalue weighted by molar-refractivity contribution is 8.00. The maximum Gasteiger partial charge on any atom is 0.356 e. The van der Waals surface area contributed by atoms with Gasteiger partial charge in [0.15, 0.2) is 11.5 Å². The van der Waals surface area contributed by atoms with Crippen LogP contribution < -0.4 is 16.0 Å². The molecule has 13 nitrogen and oxygen atoms in total. The van der Waals surface area contributed by atoms with Crippen molar-refractivity contribution in [3.05, 3.63) is 71.5 Å².